The van der Waals surface area contributed by atoms with Crippen molar-refractivity contribution in [1.29, 1.82) is 0 Å². The highest BCUT2D eigenvalue weighted by atomic mass is 35.5. The molecule has 2 aromatic heterocycles. The van der Waals surface area contributed by atoms with Gasteiger partial charge < -0.3 is 8.94 Å². The lowest BCUT2D eigenvalue weighted by Crippen LogP contribution is -2.17. The van der Waals surface area contributed by atoms with Crippen LogP contribution in [0.2, 0.25) is 5.02 Å². The molecule has 0 aliphatic heterocycles. The molecule has 3 aromatic rings. The number of nitrogens with zero attached hydrogens (tertiary/aromatic N) is 4. The van der Waals surface area contributed by atoms with E-state index in [1.165, 1.54) is 24.5 Å². The number of furan rings is 1. The van der Waals surface area contributed by atoms with E-state index in [0.29, 0.717) is 41.2 Å². The Morgan fingerprint density at radius 2 is 2.17 bits per heavy atom. The Labute approximate surface area is 141 Å². The molecule has 0 amide bonds. The number of hydrogen-bond donors (Lipinski definition) is 0. The van der Waals surface area contributed by atoms with Crippen LogP contribution in [-0.4, -0.2) is 27.0 Å². The number of non-ortho nitro benzene ring substituents is 1. The highest BCUT2D eigenvalue weighted by Gasteiger charge is 2.15. The smallest absolute Gasteiger partial charge is 0.269 e. The minimum atomic E-state index is -0.451. The third kappa shape index (κ3) is 3.61. The van der Waals surface area contributed by atoms with E-state index in [9.17, 15) is 10.1 Å². The van der Waals surface area contributed by atoms with Crippen LogP contribution in [0.1, 0.15) is 11.5 Å². The predicted octanol–water partition coefficient (Wildman–Crippen LogP) is 3.52. The normalized spacial score (nSPS) is 11.1. The van der Waals surface area contributed by atoms with Gasteiger partial charge >= 0.3 is 0 Å². The van der Waals surface area contributed by atoms with Crippen LogP contribution >= 0.6 is 11.6 Å². The van der Waals surface area contributed by atoms with Gasteiger partial charge in [0, 0.05) is 23.7 Å². The maximum Gasteiger partial charge on any atom is 0.269 e. The maximum atomic E-state index is 10.9. The van der Waals surface area contributed by atoms with E-state index in [1.54, 1.807) is 12.1 Å². The van der Waals surface area contributed by atoms with Gasteiger partial charge in [0.25, 0.3) is 5.69 Å². The van der Waals surface area contributed by atoms with Gasteiger partial charge in [0.1, 0.15) is 0 Å². The van der Waals surface area contributed by atoms with E-state index in [-0.39, 0.29) is 5.69 Å². The van der Waals surface area contributed by atoms with Crippen LogP contribution < -0.4 is 0 Å². The molecule has 24 heavy (non-hydrogen) atoms. The largest absolute Gasteiger partial charge is 0.461 e. The van der Waals surface area contributed by atoms with Crippen molar-refractivity contribution in [3.05, 3.63) is 63.2 Å². The summed E-state index contributed by atoms with van der Waals surface area (Å²) in [5.41, 5.74) is 0.653. The Morgan fingerprint density at radius 1 is 1.33 bits per heavy atom. The molecule has 0 N–H and O–H groups in total. The van der Waals surface area contributed by atoms with Gasteiger partial charge in [-0.3, -0.25) is 15.0 Å². The summed E-state index contributed by atoms with van der Waals surface area (Å²) in [5, 5.41) is 15.2. The van der Waals surface area contributed by atoms with Crippen molar-refractivity contribution in [1.82, 2.24) is 15.0 Å². The molecular weight excluding hydrogens is 336 g/mol. The standard InChI is InChI=1S/C15H13ClN4O4/c1-19(8-10-7-11(20(21)22)4-5-12(10)16)9-14-17-15(18-24-14)13-3-2-6-23-13/h2-7H,8-9H2,1H3. The maximum absolute atomic E-state index is 10.9. The molecule has 3 rings (SSSR count). The van der Waals surface area contributed by atoms with Gasteiger partial charge in [-0.1, -0.05) is 16.8 Å². The van der Waals surface area contributed by atoms with Crippen molar-refractivity contribution in [3.63, 3.8) is 0 Å². The second-order valence-electron chi connectivity index (χ2n) is 5.19. The Hall–Kier alpha value is -2.71. The average molecular weight is 349 g/mol. The first-order valence-electron chi connectivity index (χ1n) is 7.01. The molecule has 0 aliphatic carbocycles. The van der Waals surface area contributed by atoms with Crippen LogP contribution in [-0.2, 0) is 13.1 Å². The number of hydrogen-bond acceptors (Lipinski definition) is 7. The Bertz CT molecular complexity index is 847. The molecule has 0 saturated heterocycles. The van der Waals surface area contributed by atoms with Gasteiger partial charge in [-0.05, 0) is 30.8 Å². The zero-order valence-electron chi connectivity index (χ0n) is 12.7. The van der Waals surface area contributed by atoms with Crippen LogP contribution in [0, 0.1) is 10.1 Å². The number of nitro groups is 1. The van der Waals surface area contributed by atoms with Crippen LogP contribution in [0.25, 0.3) is 11.6 Å². The summed E-state index contributed by atoms with van der Waals surface area (Å²) in [6.07, 6.45) is 1.53. The fraction of sp³-hybridized carbons (Fsp3) is 0.200. The molecule has 9 heteroatoms. The lowest BCUT2D eigenvalue weighted by molar-refractivity contribution is -0.384. The summed E-state index contributed by atoms with van der Waals surface area (Å²) in [7, 11) is 1.83. The van der Waals surface area contributed by atoms with Crippen LogP contribution in [0.5, 0.6) is 0 Å². The lowest BCUT2D eigenvalue weighted by atomic mass is 10.2. The van der Waals surface area contributed by atoms with Crippen molar-refractivity contribution in [2.45, 2.75) is 13.1 Å². The van der Waals surface area contributed by atoms with E-state index in [0.717, 1.165) is 0 Å². The van der Waals surface area contributed by atoms with Gasteiger partial charge in [0.15, 0.2) is 5.76 Å². The molecule has 1 aromatic carbocycles. The first kappa shape index (κ1) is 16.2. The van der Waals surface area contributed by atoms with Gasteiger partial charge in [-0.2, -0.15) is 4.98 Å². The quantitative estimate of drug-likeness (QED) is 0.496. The van der Waals surface area contributed by atoms with Crippen molar-refractivity contribution in [2.75, 3.05) is 7.05 Å². The molecule has 0 atom stereocenters. The molecule has 0 unspecified atom stereocenters. The summed E-state index contributed by atoms with van der Waals surface area (Å²) in [6.45, 7) is 0.770. The Morgan fingerprint density at radius 3 is 2.88 bits per heavy atom. The Balaban J connectivity index is 1.69. The second kappa shape index (κ2) is 6.81. The summed E-state index contributed by atoms with van der Waals surface area (Å²) < 4.78 is 10.4. The van der Waals surface area contributed by atoms with Crippen LogP contribution in [0.15, 0.2) is 45.5 Å². The predicted molar refractivity (Wildman–Crippen MR) is 85.3 cm³/mol. The molecule has 0 aliphatic rings. The molecule has 0 radical (unpaired) electrons. The van der Waals surface area contributed by atoms with E-state index in [2.05, 4.69) is 10.1 Å². The topological polar surface area (TPSA) is 98.4 Å². The zero-order chi connectivity index (χ0) is 17.1. The van der Waals surface area contributed by atoms with Crippen molar-refractivity contribution in [3.8, 4) is 11.6 Å². The lowest BCUT2D eigenvalue weighted by Gasteiger charge is -2.15. The van der Waals surface area contributed by atoms with Crippen molar-refractivity contribution < 1.29 is 13.9 Å². The molecule has 124 valence electrons. The summed E-state index contributed by atoms with van der Waals surface area (Å²) in [5.74, 6) is 1.30. The summed E-state index contributed by atoms with van der Waals surface area (Å²) in [6, 6.07) is 7.83. The van der Waals surface area contributed by atoms with E-state index in [1.807, 2.05) is 11.9 Å². The molecule has 0 fully saturated rings. The minimum Gasteiger partial charge on any atom is -0.461 e. The number of aromatic nitrogens is 2. The molecule has 0 saturated carbocycles. The van der Waals surface area contributed by atoms with Crippen molar-refractivity contribution in [2.24, 2.45) is 0 Å². The summed E-state index contributed by atoms with van der Waals surface area (Å²) >= 11 is 6.11. The van der Waals surface area contributed by atoms with E-state index >= 15 is 0 Å². The average Bonchev–Trinajstić information content (AvgIpc) is 3.20. The number of nitro benzene ring substituents is 1. The fourth-order valence-corrected chi connectivity index (χ4v) is 2.38. The second-order valence-corrected chi connectivity index (χ2v) is 5.60. The molecule has 2 heterocycles. The molecular formula is C15H13ClN4O4. The van der Waals surface area contributed by atoms with Gasteiger partial charge in [-0.25, -0.2) is 0 Å². The number of rotatable bonds is 6. The van der Waals surface area contributed by atoms with Crippen LogP contribution in [0.3, 0.4) is 0 Å². The fourth-order valence-electron chi connectivity index (χ4n) is 2.20. The monoisotopic (exact) mass is 348 g/mol. The van der Waals surface area contributed by atoms with Gasteiger partial charge in [-0.15, -0.1) is 0 Å². The first-order chi connectivity index (χ1) is 11.5. The number of halogens is 1. The highest BCUT2D eigenvalue weighted by molar-refractivity contribution is 6.31. The number of benzene rings is 1. The first-order valence-corrected chi connectivity index (χ1v) is 7.38. The van der Waals surface area contributed by atoms with Crippen molar-refractivity contribution >= 4 is 17.3 Å². The zero-order valence-corrected chi connectivity index (χ0v) is 13.4. The molecule has 8 nitrogen and oxygen atoms in total. The Kier molecular flexibility index (Phi) is 4.59. The van der Waals surface area contributed by atoms with Gasteiger partial charge in [0.05, 0.1) is 17.7 Å². The SMILES string of the molecule is CN(Cc1nc(-c2ccco2)no1)Cc1cc([N+](=O)[O-])ccc1Cl. The highest BCUT2D eigenvalue weighted by Crippen LogP contribution is 2.23. The van der Waals surface area contributed by atoms with E-state index in [4.69, 9.17) is 20.5 Å². The third-order valence-corrected chi connectivity index (χ3v) is 3.66. The van der Waals surface area contributed by atoms with E-state index < -0.39 is 4.92 Å². The summed E-state index contributed by atoms with van der Waals surface area (Å²) in [4.78, 5) is 16.5. The molecule has 0 bridgehead atoms. The molecule has 0 spiro atoms. The third-order valence-electron chi connectivity index (χ3n) is 3.30. The van der Waals surface area contributed by atoms with Crippen LogP contribution in [0.4, 0.5) is 5.69 Å². The minimum absolute atomic E-state index is 0.000644. The van der Waals surface area contributed by atoms with Gasteiger partial charge in [0.2, 0.25) is 11.7 Å².